The van der Waals surface area contributed by atoms with Gasteiger partial charge in [-0.3, -0.25) is 14.9 Å². The minimum atomic E-state index is -0.863. The van der Waals surface area contributed by atoms with Crippen LogP contribution in [0.4, 0.5) is 0 Å². The number of aliphatic hydroxyl groups excluding tert-OH is 1. The number of hydrogen-bond donors (Lipinski definition) is 2. The van der Waals surface area contributed by atoms with Crippen molar-refractivity contribution < 1.29 is 14.9 Å². The largest absolute Gasteiger partial charge is 0.493 e. The molecule has 0 aliphatic carbocycles. The average Bonchev–Trinajstić information content (AvgIpc) is 2.75. The van der Waals surface area contributed by atoms with Gasteiger partial charge in [0.05, 0.1) is 17.7 Å². The highest BCUT2D eigenvalue weighted by atomic mass is 16.5. The number of aryl methyl sites for hydroxylation is 1. The molecule has 6 heteroatoms. The molecule has 1 atom stereocenters. The maximum absolute atomic E-state index is 10.9. The van der Waals surface area contributed by atoms with Crippen LogP contribution in [-0.2, 0) is 5.60 Å². The first-order chi connectivity index (χ1) is 14.0. The van der Waals surface area contributed by atoms with Crippen molar-refractivity contribution >= 4 is 10.9 Å². The van der Waals surface area contributed by atoms with E-state index in [1.54, 1.807) is 12.4 Å². The number of fused-ring (bicyclic) bond motifs is 1. The van der Waals surface area contributed by atoms with Crippen molar-refractivity contribution in [3.8, 4) is 5.75 Å². The second-order valence-electron chi connectivity index (χ2n) is 7.73. The number of piperidine rings is 1. The summed E-state index contributed by atoms with van der Waals surface area (Å²) in [5.41, 5.74) is 1.93. The summed E-state index contributed by atoms with van der Waals surface area (Å²) in [5.74, 6) is 0.778. The Hall–Kier alpha value is -2.54. The van der Waals surface area contributed by atoms with Crippen LogP contribution in [0.25, 0.3) is 10.9 Å². The van der Waals surface area contributed by atoms with E-state index in [9.17, 15) is 10.2 Å². The summed E-state index contributed by atoms with van der Waals surface area (Å²) in [6.07, 6.45) is 4.51. The second-order valence-corrected chi connectivity index (χ2v) is 7.73. The minimum Gasteiger partial charge on any atom is -0.493 e. The first-order valence-corrected chi connectivity index (χ1v) is 10.1. The summed E-state index contributed by atoms with van der Waals surface area (Å²) >= 11 is 0. The zero-order valence-corrected chi connectivity index (χ0v) is 16.7. The van der Waals surface area contributed by atoms with E-state index in [4.69, 9.17) is 4.74 Å². The van der Waals surface area contributed by atoms with Gasteiger partial charge >= 0.3 is 0 Å². The van der Waals surface area contributed by atoms with E-state index in [1.165, 1.54) is 0 Å². The van der Waals surface area contributed by atoms with E-state index in [-0.39, 0.29) is 0 Å². The Bertz CT molecular complexity index is 956. The molecule has 152 valence electrons. The lowest BCUT2D eigenvalue weighted by atomic mass is 9.85. The minimum absolute atomic E-state index is 0.426. The van der Waals surface area contributed by atoms with E-state index in [0.29, 0.717) is 39.0 Å². The molecule has 4 rings (SSSR count). The monoisotopic (exact) mass is 393 g/mol. The Morgan fingerprint density at radius 2 is 2.00 bits per heavy atom. The van der Waals surface area contributed by atoms with Crippen molar-refractivity contribution in [3.05, 3.63) is 66.1 Å². The number of pyridine rings is 2. The second kappa shape index (κ2) is 8.45. The number of aromatic nitrogens is 2. The summed E-state index contributed by atoms with van der Waals surface area (Å²) < 4.78 is 5.84. The molecule has 1 fully saturated rings. The fraction of sp³-hybridized carbons (Fsp3) is 0.391. The Morgan fingerprint density at radius 3 is 2.76 bits per heavy atom. The van der Waals surface area contributed by atoms with Gasteiger partial charge in [-0.1, -0.05) is 12.1 Å². The Labute approximate surface area is 170 Å². The van der Waals surface area contributed by atoms with Crippen LogP contribution in [0, 0.1) is 6.92 Å². The molecule has 1 aromatic carbocycles. The maximum Gasteiger partial charge on any atom is 0.120 e. The third kappa shape index (κ3) is 4.56. The highest BCUT2D eigenvalue weighted by molar-refractivity contribution is 5.80. The molecule has 29 heavy (non-hydrogen) atoms. The van der Waals surface area contributed by atoms with Crippen molar-refractivity contribution in [2.75, 3.05) is 19.7 Å². The molecular formula is C23H27N3O3. The van der Waals surface area contributed by atoms with Crippen molar-refractivity contribution in [1.29, 1.82) is 0 Å². The highest BCUT2D eigenvalue weighted by Gasteiger charge is 2.35. The number of ether oxygens (including phenoxy) is 1. The van der Waals surface area contributed by atoms with Gasteiger partial charge in [0.2, 0.25) is 0 Å². The molecule has 0 spiro atoms. The van der Waals surface area contributed by atoms with Crippen LogP contribution in [0.3, 0.4) is 0 Å². The molecule has 0 bridgehead atoms. The van der Waals surface area contributed by atoms with Crippen LogP contribution in [-0.4, -0.2) is 51.0 Å². The lowest BCUT2D eigenvalue weighted by molar-refractivity contribution is -0.0820. The number of nitrogens with zero attached hydrogens (tertiary/aromatic N) is 3. The Balaban J connectivity index is 1.27. The molecule has 3 heterocycles. The molecule has 6 nitrogen and oxygen atoms in total. The molecule has 0 radical (unpaired) electrons. The quantitative estimate of drug-likeness (QED) is 0.670. The summed E-state index contributed by atoms with van der Waals surface area (Å²) in [4.78, 5) is 10.6. The molecule has 2 N–H and O–H groups in total. The van der Waals surface area contributed by atoms with Crippen molar-refractivity contribution in [2.45, 2.75) is 38.0 Å². The molecule has 1 unspecified atom stereocenters. The summed E-state index contributed by atoms with van der Waals surface area (Å²) in [5, 5.41) is 22.5. The van der Waals surface area contributed by atoms with Gasteiger partial charge in [0.1, 0.15) is 12.0 Å². The SMILES string of the molecule is Cc1ccc2cc(OCCC(O)N3CCC(O)(c4cccnc4)CC3)ccc2n1. The van der Waals surface area contributed by atoms with Crippen LogP contribution < -0.4 is 4.74 Å². The lowest BCUT2D eigenvalue weighted by Crippen LogP contribution is -2.47. The van der Waals surface area contributed by atoms with Crippen molar-refractivity contribution in [3.63, 3.8) is 0 Å². The van der Waals surface area contributed by atoms with Crippen molar-refractivity contribution in [1.82, 2.24) is 14.9 Å². The summed E-state index contributed by atoms with van der Waals surface area (Å²) in [6, 6.07) is 13.6. The fourth-order valence-electron chi connectivity index (χ4n) is 3.88. The maximum atomic E-state index is 10.9. The summed E-state index contributed by atoms with van der Waals surface area (Å²) in [7, 11) is 0. The third-order valence-electron chi connectivity index (χ3n) is 5.69. The van der Waals surface area contributed by atoms with E-state index < -0.39 is 11.8 Å². The third-order valence-corrected chi connectivity index (χ3v) is 5.69. The van der Waals surface area contributed by atoms with Crippen LogP contribution in [0.1, 0.15) is 30.5 Å². The van der Waals surface area contributed by atoms with E-state index in [1.807, 2.05) is 54.3 Å². The number of likely N-dealkylation sites (tertiary alicyclic amines) is 1. The number of rotatable bonds is 6. The van der Waals surface area contributed by atoms with Gasteiger partial charge in [-0.25, -0.2) is 0 Å². The number of benzene rings is 1. The van der Waals surface area contributed by atoms with Gasteiger partial charge in [0.25, 0.3) is 0 Å². The van der Waals surface area contributed by atoms with Gasteiger partial charge < -0.3 is 14.9 Å². The fourth-order valence-corrected chi connectivity index (χ4v) is 3.88. The number of hydrogen-bond acceptors (Lipinski definition) is 6. The van der Waals surface area contributed by atoms with Crippen LogP contribution in [0.15, 0.2) is 54.9 Å². The predicted octanol–water partition coefficient (Wildman–Crippen LogP) is 3.01. The molecule has 1 aliphatic rings. The predicted molar refractivity (Wildman–Crippen MR) is 112 cm³/mol. The van der Waals surface area contributed by atoms with E-state index in [0.717, 1.165) is 27.9 Å². The Morgan fingerprint density at radius 1 is 1.17 bits per heavy atom. The first-order valence-electron chi connectivity index (χ1n) is 10.1. The summed E-state index contributed by atoms with van der Waals surface area (Å²) in [6.45, 7) is 3.67. The molecule has 1 aliphatic heterocycles. The smallest absolute Gasteiger partial charge is 0.120 e. The first kappa shape index (κ1) is 19.8. The van der Waals surface area contributed by atoms with Gasteiger partial charge in [-0.2, -0.15) is 0 Å². The van der Waals surface area contributed by atoms with Gasteiger partial charge in [-0.15, -0.1) is 0 Å². The molecule has 0 amide bonds. The molecule has 1 saturated heterocycles. The molecule has 0 saturated carbocycles. The van der Waals surface area contributed by atoms with Crippen LogP contribution in [0.5, 0.6) is 5.75 Å². The molecule has 2 aromatic heterocycles. The zero-order chi connectivity index (χ0) is 20.3. The lowest BCUT2D eigenvalue weighted by Gasteiger charge is -2.40. The van der Waals surface area contributed by atoms with Gasteiger partial charge in [0, 0.05) is 48.5 Å². The molecular weight excluding hydrogens is 366 g/mol. The topological polar surface area (TPSA) is 78.7 Å². The van der Waals surface area contributed by atoms with Gasteiger partial charge in [-0.05, 0) is 50.1 Å². The van der Waals surface area contributed by atoms with Crippen LogP contribution in [0.2, 0.25) is 0 Å². The van der Waals surface area contributed by atoms with E-state index in [2.05, 4.69) is 9.97 Å². The van der Waals surface area contributed by atoms with E-state index >= 15 is 0 Å². The van der Waals surface area contributed by atoms with Crippen molar-refractivity contribution in [2.24, 2.45) is 0 Å². The highest BCUT2D eigenvalue weighted by Crippen LogP contribution is 2.33. The average molecular weight is 393 g/mol. The normalized spacial score (nSPS) is 17.9. The standard InChI is InChI=1S/C23H27N3O3/c1-17-4-5-18-15-20(6-7-21(18)25-17)29-14-8-22(27)26-12-9-23(28,10-13-26)19-3-2-11-24-16-19/h2-7,11,15-16,22,27-28H,8-10,12-14H2,1H3. The van der Waals surface area contributed by atoms with Crippen LogP contribution >= 0.6 is 0 Å². The van der Waals surface area contributed by atoms with Gasteiger partial charge in [0.15, 0.2) is 0 Å². The Kier molecular flexibility index (Phi) is 5.76. The number of aliphatic hydroxyl groups is 2. The zero-order valence-electron chi connectivity index (χ0n) is 16.7. The molecule has 3 aromatic rings.